The zero-order chi connectivity index (χ0) is 21.4. The first-order valence-electron chi connectivity index (χ1n) is 10.1. The fourth-order valence-corrected chi connectivity index (χ4v) is 4.22. The number of aromatic nitrogens is 2. The Bertz CT molecular complexity index is 1320. The van der Waals surface area contributed by atoms with Crippen LogP contribution in [0.3, 0.4) is 0 Å². The predicted molar refractivity (Wildman–Crippen MR) is 122 cm³/mol. The van der Waals surface area contributed by atoms with E-state index in [0.29, 0.717) is 47.1 Å². The van der Waals surface area contributed by atoms with Gasteiger partial charge in [-0.15, -0.1) is 0 Å². The molecule has 0 bridgehead atoms. The quantitative estimate of drug-likeness (QED) is 0.424. The third kappa shape index (κ3) is 3.70. The first-order valence-corrected chi connectivity index (χ1v) is 10.4. The molecule has 7 heteroatoms. The molecule has 1 atom stereocenters. The average molecular weight is 434 g/mol. The Hall–Kier alpha value is -3.19. The highest BCUT2D eigenvalue weighted by Crippen LogP contribution is 2.35. The number of rotatable bonds is 4. The summed E-state index contributed by atoms with van der Waals surface area (Å²) in [6.07, 6.45) is 1.64. The molecule has 1 aliphatic heterocycles. The van der Waals surface area contributed by atoms with Crippen molar-refractivity contribution in [2.45, 2.75) is 6.04 Å². The van der Waals surface area contributed by atoms with Crippen LogP contribution >= 0.6 is 11.6 Å². The molecule has 6 nitrogen and oxygen atoms in total. The zero-order valence-corrected chi connectivity index (χ0v) is 17.3. The summed E-state index contributed by atoms with van der Waals surface area (Å²) in [5.41, 5.74) is 3.65. The molecule has 2 aromatic carbocycles. The highest BCUT2D eigenvalue weighted by molar-refractivity contribution is 6.31. The number of ketones is 1. The minimum Gasteiger partial charge on any atom is -0.378 e. The lowest BCUT2D eigenvalue weighted by molar-refractivity contribution is 0.0608. The number of carbonyl (C=O) groups excluding carboxylic acids is 1. The second kappa shape index (κ2) is 8.15. The van der Waals surface area contributed by atoms with Crippen molar-refractivity contribution < 1.29 is 9.53 Å². The number of ether oxygens (including phenoxy) is 1. The zero-order valence-electron chi connectivity index (χ0n) is 16.6. The van der Waals surface area contributed by atoms with Crippen LogP contribution in [0.2, 0.25) is 5.02 Å². The maximum absolute atomic E-state index is 13.2. The van der Waals surface area contributed by atoms with Crippen LogP contribution in [0.5, 0.6) is 0 Å². The molecule has 31 heavy (non-hydrogen) atoms. The van der Waals surface area contributed by atoms with Gasteiger partial charge < -0.3 is 20.0 Å². The number of carbonyl (C=O) groups is 1. The standard InChI is InChI=1S/C24H20ClN3O3/c25-16-6-7-18-17(11-16)21(14-4-2-1-3-5-14)22(24(30)28-18)19-10-15(12-27-19)23(29)20-13-31-9-8-26-20/h1-7,10-12,20,26-27H,8-9,13H2,(H,28,30). The van der Waals surface area contributed by atoms with Gasteiger partial charge in [0, 0.05) is 39.8 Å². The second-order valence-corrected chi connectivity index (χ2v) is 7.94. The van der Waals surface area contributed by atoms with E-state index in [9.17, 15) is 9.59 Å². The van der Waals surface area contributed by atoms with Crippen molar-refractivity contribution in [1.82, 2.24) is 15.3 Å². The van der Waals surface area contributed by atoms with Crippen LogP contribution < -0.4 is 10.9 Å². The van der Waals surface area contributed by atoms with E-state index in [0.717, 1.165) is 16.5 Å². The summed E-state index contributed by atoms with van der Waals surface area (Å²) < 4.78 is 5.41. The number of nitrogens with one attached hydrogen (secondary N) is 3. The monoisotopic (exact) mass is 433 g/mol. The summed E-state index contributed by atoms with van der Waals surface area (Å²) in [5, 5.41) is 4.58. The highest BCUT2D eigenvalue weighted by atomic mass is 35.5. The number of halogens is 1. The second-order valence-electron chi connectivity index (χ2n) is 7.51. The van der Waals surface area contributed by atoms with Crippen molar-refractivity contribution in [3.63, 3.8) is 0 Å². The third-order valence-electron chi connectivity index (χ3n) is 5.51. The molecule has 0 amide bonds. The van der Waals surface area contributed by atoms with Crippen molar-refractivity contribution in [1.29, 1.82) is 0 Å². The van der Waals surface area contributed by atoms with E-state index in [1.807, 2.05) is 36.4 Å². The lowest BCUT2D eigenvalue weighted by Gasteiger charge is -2.22. The average Bonchev–Trinajstić information content (AvgIpc) is 3.29. The van der Waals surface area contributed by atoms with E-state index >= 15 is 0 Å². The summed E-state index contributed by atoms with van der Waals surface area (Å²) in [6, 6.07) is 16.4. The molecule has 1 unspecified atom stereocenters. The topological polar surface area (TPSA) is 87.0 Å². The summed E-state index contributed by atoms with van der Waals surface area (Å²) in [6.45, 7) is 1.57. The number of benzene rings is 2. The van der Waals surface area contributed by atoms with Gasteiger partial charge in [-0.1, -0.05) is 41.9 Å². The summed E-state index contributed by atoms with van der Waals surface area (Å²) in [4.78, 5) is 32.1. The van der Waals surface area contributed by atoms with Crippen LogP contribution in [0.1, 0.15) is 10.4 Å². The molecule has 1 saturated heterocycles. The normalized spacial score (nSPS) is 16.5. The van der Waals surface area contributed by atoms with Crippen LogP contribution in [0.4, 0.5) is 0 Å². The number of hydrogen-bond donors (Lipinski definition) is 3. The molecule has 4 aromatic rings. The van der Waals surface area contributed by atoms with Gasteiger partial charge >= 0.3 is 0 Å². The Morgan fingerprint density at radius 1 is 1.06 bits per heavy atom. The summed E-state index contributed by atoms with van der Waals surface area (Å²) in [5.74, 6) is -0.0660. The van der Waals surface area contributed by atoms with Crippen molar-refractivity contribution in [2.75, 3.05) is 19.8 Å². The van der Waals surface area contributed by atoms with Gasteiger partial charge in [-0.05, 0) is 29.8 Å². The van der Waals surface area contributed by atoms with Gasteiger partial charge in [0.2, 0.25) is 0 Å². The molecule has 0 aliphatic carbocycles. The van der Waals surface area contributed by atoms with Crippen molar-refractivity contribution in [2.24, 2.45) is 0 Å². The Labute approximate surface area is 183 Å². The number of pyridine rings is 1. The van der Waals surface area contributed by atoms with Gasteiger partial charge in [0.25, 0.3) is 5.56 Å². The van der Waals surface area contributed by atoms with Gasteiger partial charge in [-0.25, -0.2) is 0 Å². The Morgan fingerprint density at radius 2 is 1.90 bits per heavy atom. The van der Waals surface area contributed by atoms with E-state index in [1.165, 1.54) is 0 Å². The fourth-order valence-electron chi connectivity index (χ4n) is 4.04. The number of fused-ring (bicyclic) bond motifs is 1. The van der Waals surface area contributed by atoms with E-state index < -0.39 is 0 Å². The lowest BCUT2D eigenvalue weighted by Crippen LogP contribution is -2.46. The number of aromatic amines is 2. The minimum absolute atomic E-state index is 0.0660. The summed E-state index contributed by atoms with van der Waals surface area (Å²) >= 11 is 6.28. The van der Waals surface area contributed by atoms with Gasteiger partial charge in [-0.3, -0.25) is 9.59 Å². The van der Waals surface area contributed by atoms with E-state index in [4.69, 9.17) is 16.3 Å². The number of Topliss-reactive ketones (excluding diaryl/α,β-unsaturated/α-hetero) is 1. The molecule has 156 valence electrons. The molecule has 1 fully saturated rings. The van der Waals surface area contributed by atoms with Crippen LogP contribution in [-0.2, 0) is 4.74 Å². The SMILES string of the molecule is O=C(c1c[nH]c(-c2c(-c3ccccc3)c3cc(Cl)ccc3[nH]c2=O)c1)C1COCCN1. The van der Waals surface area contributed by atoms with E-state index in [2.05, 4.69) is 15.3 Å². The summed E-state index contributed by atoms with van der Waals surface area (Å²) in [7, 11) is 0. The third-order valence-corrected chi connectivity index (χ3v) is 5.75. The molecule has 3 heterocycles. The number of hydrogen-bond acceptors (Lipinski definition) is 4. The van der Waals surface area contributed by atoms with Crippen LogP contribution in [0.25, 0.3) is 33.3 Å². The van der Waals surface area contributed by atoms with E-state index in [1.54, 1.807) is 24.4 Å². The molecular weight excluding hydrogens is 414 g/mol. The Balaban J connectivity index is 1.69. The van der Waals surface area contributed by atoms with Gasteiger partial charge in [0.05, 0.1) is 30.5 Å². The van der Waals surface area contributed by atoms with Crippen LogP contribution in [0.15, 0.2) is 65.6 Å². The lowest BCUT2D eigenvalue weighted by atomic mass is 9.94. The molecule has 0 radical (unpaired) electrons. The van der Waals surface area contributed by atoms with Crippen molar-refractivity contribution >= 4 is 28.3 Å². The highest BCUT2D eigenvalue weighted by Gasteiger charge is 2.25. The van der Waals surface area contributed by atoms with Crippen LogP contribution in [0, 0.1) is 0 Å². The van der Waals surface area contributed by atoms with Crippen LogP contribution in [-0.4, -0.2) is 41.6 Å². The Kier molecular flexibility index (Phi) is 5.19. The first kappa shape index (κ1) is 19.8. The minimum atomic E-state index is -0.389. The molecule has 0 saturated carbocycles. The predicted octanol–water partition coefficient (Wildman–Crippen LogP) is 4.01. The maximum atomic E-state index is 13.2. The smallest absolute Gasteiger partial charge is 0.258 e. The van der Waals surface area contributed by atoms with Crippen molar-refractivity contribution in [3.8, 4) is 22.4 Å². The van der Waals surface area contributed by atoms with Crippen molar-refractivity contribution in [3.05, 3.63) is 81.7 Å². The maximum Gasteiger partial charge on any atom is 0.258 e. The molecule has 0 spiro atoms. The molecule has 3 N–H and O–H groups in total. The number of morpholine rings is 1. The molecular formula is C24H20ClN3O3. The first-order chi connectivity index (χ1) is 15.1. The largest absolute Gasteiger partial charge is 0.378 e. The van der Waals surface area contributed by atoms with Gasteiger partial charge in [0.1, 0.15) is 0 Å². The van der Waals surface area contributed by atoms with Gasteiger partial charge in [0.15, 0.2) is 5.78 Å². The molecule has 5 rings (SSSR count). The van der Waals surface area contributed by atoms with Gasteiger partial charge in [-0.2, -0.15) is 0 Å². The molecule has 1 aliphatic rings. The molecule has 2 aromatic heterocycles. The fraction of sp³-hybridized carbons (Fsp3) is 0.167. The Morgan fingerprint density at radius 3 is 2.68 bits per heavy atom. The van der Waals surface area contributed by atoms with E-state index in [-0.39, 0.29) is 17.4 Å². The number of H-pyrrole nitrogens is 2.